The molecule has 0 fully saturated rings. The van der Waals surface area contributed by atoms with E-state index in [2.05, 4.69) is 28.1 Å². The van der Waals surface area contributed by atoms with Crippen molar-refractivity contribution >= 4 is 15.9 Å². The Bertz CT molecular complexity index is 540. The molecule has 0 amide bonds. The van der Waals surface area contributed by atoms with E-state index in [9.17, 15) is 5.11 Å². The lowest BCUT2D eigenvalue weighted by atomic mass is 10.0. The van der Waals surface area contributed by atoms with Crippen molar-refractivity contribution in [3.8, 4) is 5.75 Å². The van der Waals surface area contributed by atoms with E-state index >= 15 is 0 Å². The van der Waals surface area contributed by atoms with E-state index in [1.807, 2.05) is 36.4 Å². The Balaban J connectivity index is 1.88. The Morgan fingerprint density at radius 1 is 1.15 bits per heavy atom. The molecule has 0 aliphatic rings. The first-order valence-corrected chi connectivity index (χ1v) is 7.55. The molecular weight excluding hydrogens is 316 g/mol. The molecule has 0 saturated heterocycles. The quantitative estimate of drug-likeness (QED) is 0.841. The van der Waals surface area contributed by atoms with E-state index in [0.717, 1.165) is 35.0 Å². The Morgan fingerprint density at radius 2 is 1.90 bits per heavy atom. The molecule has 0 saturated carbocycles. The number of methoxy groups -OCH3 is 1. The average Bonchev–Trinajstić information content (AvgIpc) is 2.48. The van der Waals surface area contributed by atoms with Gasteiger partial charge >= 0.3 is 0 Å². The molecule has 0 aliphatic carbocycles. The van der Waals surface area contributed by atoms with Gasteiger partial charge in [-0.05, 0) is 58.5 Å². The van der Waals surface area contributed by atoms with Gasteiger partial charge in [-0.15, -0.1) is 0 Å². The van der Waals surface area contributed by atoms with Crippen LogP contribution in [0.2, 0.25) is 0 Å². The molecule has 1 N–H and O–H groups in total. The van der Waals surface area contributed by atoms with Gasteiger partial charge in [0.15, 0.2) is 0 Å². The molecule has 2 aromatic carbocycles. The highest BCUT2D eigenvalue weighted by Gasteiger charge is 2.10. The van der Waals surface area contributed by atoms with E-state index in [1.165, 1.54) is 5.56 Å². The number of hydrogen-bond acceptors (Lipinski definition) is 2. The Morgan fingerprint density at radius 3 is 2.55 bits per heavy atom. The third-order valence-electron chi connectivity index (χ3n) is 3.35. The van der Waals surface area contributed by atoms with Crippen molar-refractivity contribution in [3.05, 3.63) is 64.1 Å². The van der Waals surface area contributed by atoms with Crippen LogP contribution < -0.4 is 4.74 Å². The second kappa shape index (κ2) is 7.46. The zero-order valence-electron chi connectivity index (χ0n) is 11.6. The number of halogens is 1. The van der Waals surface area contributed by atoms with Crippen LogP contribution in [0, 0.1) is 0 Å². The summed E-state index contributed by atoms with van der Waals surface area (Å²) in [7, 11) is 1.63. The summed E-state index contributed by atoms with van der Waals surface area (Å²) in [6.07, 6.45) is 2.29. The summed E-state index contributed by atoms with van der Waals surface area (Å²) < 4.78 is 6.06. The monoisotopic (exact) mass is 334 g/mol. The maximum Gasteiger partial charge on any atom is 0.133 e. The molecule has 20 heavy (non-hydrogen) atoms. The summed E-state index contributed by atoms with van der Waals surface area (Å²) in [6.45, 7) is 0. The molecule has 2 rings (SSSR count). The fourth-order valence-corrected chi connectivity index (χ4v) is 2.76. The van der Waals surface area contributed by atoms with Crippen molar-refractivity contribution in [2.45, 2.75) is 25.4 Å². The van der Waals surface area contributed by atoms with Gasteiger partial charge in [0.1, 0.15) is 5.75 Å². The van der Waals surface area contributed by atoms with Gasteiger partial charge < -0.3 is 9.84 Å². The first-order chi connectivity index (χ1) is 9.70. The number of hydrogen-bond donors (Lipinski definition) is 1. The fourth-order valence-electron chi connectivity index (χ4n) is 2.20. The molecule has 1 atom stereocenters. The van der Waals surface area contributed by atoms with Crippen molar-refractivity contribution in [1.82, 2.24) is 0 Å². The van der Waals surface area contributed by atoms with Gasteiger partial charge in [-0.25, -0.2) is 0 Å². The SMILES string of the molecule is COc1ccc(C(O)CCCc2ccccc2)cc1Br. The van der Waals surface area contributed by atoms with Gasteiger partial charge in [-0.1, -0.05) is 36.4 Å². The normalized spacial score (nSPS) is 12.2. The molecule has 1 unspecified atom stereocenters. The predicted molar refractivity (Wildman–Crippen MR) is 85.0 cm³/mol. The van der Waals surface area contributed by atoms with E-state index < -0.39 is 6.10 Å². The minimum atomic E-state index is -0.430. The zero-order valence-corrected chi connectivity index (χ0v) is 13.1. The van der Waals surface area contributed by atoms with Gasteiger partial charge in [0, 0.05) is 0 Å². The van der Waals surface area contributed by atoms with Crippen LogP contribution in [0.15, 0.2) is 53.0 Å². The number of rotatable bonds is 6. The maximum absolute atomic E-state index is 10.2. The molecule has 0 bridgehead atoms. The van der Waals surface area contributed by atoms with Crippen LogP contribution >= 0.6 is 15.9 Å². The van der Waals surface area contributed by atoms with Crippen molar-refractivity contribution < 1.29 is 9.84 Å². The standard InChI is InChI=1S/C17H19BrO2/c1-20-17-11-10-14(12-15(17)18)16(19)9-5-8-13-6-3-2-4-7-13/h2-4,6-7,10-12,16,19H,5,8-9H2,1H3. The van der Waals surface area contributed by atoms with Crippen LogP contribution in [-0.2, 0) is 6.42 Å². The van der Waals surface area contributed by atoms with Crippen molar-refractivity contribution in [3.63, 3.8) is 0 Å². The first kappa shape index (κ1) is 15.1. The van der Waals surface area contributed by atoms with Gasteiger partial charge in [-0.3, -0.25) is 0 Å². The number of aryl methyl sites for hydroxylation is 1. The summed E-state index contributed by atoms with van der Waals surface area (Å²) in [5, 5.41) is 10.2. The summed E-state index contributed by atoms with van der Waals surface area (Å²) in [5.74, 6) is 0.783. The minimum absolute atomic E-state index is 0.430. The van der Waals surface area contributed by atoms with E-state index in [4.69, 9.17) is 4.74 Å². The number of aliphatic hydroxyl groups is 1. The van der Waals surface area contributed by atoms with Gasteiger partial charge in [0.2, 0.25) is 0 Å². The summed E-state index contributed by atoms with van der Waals surface area (Å²) in [5.41, 5.74) is 2.24. The topological polar surface area (TPSA) is 29.5 Å². The van der Waals surface area contributed by atoms with Crippen LogP contribution in [0.25, 0.3) is 0 Å². The van der Waals surface area contributed by atoms with Crippen LogP contribution in [0.4, 0.5) is 0 Å². The fraction of sp³-hybridized carbons (Fsp3) is 0.294. The van der Waals surface area contributed by atoms with E-state index in [1.54, 1.807) is 7.11 Å². The number of benzene rings is 2. The lowest BCUT2D eigenvalue weighted by Crippen LogP contribution is -1.99. The van der Waals surface area contributed by atoms with Crippen LogP contribution in [0.5, 0.6) is 5.75 Å². The van der Waals surface area contributed by atoms with Crippen LogP contribution in [0.1, 0.15) is 30.1 Å². The second-order valence-electron chi connectivity index (χ2n) is 4.79. The highest BCUT2D eigenvalue weighted by molar-refractivity contribution is 9.10. The lowest BCUT2D eigenvalue weighted by Gasteiger charge is -2.12. The van der Waals surface area contributed by atoms with Crippen molar-refractivity contribution in [2.24, 2.45) is 0 Å². The molecule has 2 aromatic rings. The van der Waals surface area contributed by atoms with Gasteiger partial charge in [-0.2, -0.15) is 0 Å². The summed E-state index contributed by atoms with van der Waals surface area (Å²) in [4.78, 5) is 0. The molecule has 0 heterocycles. The van der Waals surface area contributed by atoms with Crippen molar-refractivity contribution in [1.29, 1.82) is 0 Å². The average molecular weight is 335 g/mol. The highest BCUT2D eigenvalue weighted by Crippen LogP contribution is 2.29. The highest BCUT2D eigenvalue weighted by atomic mass is 79.9. The molecule has 0 aromatic heterocycles. The van der Waals surface area contributed by atoms with Gasteiger partial charge in [0.25, 0.3) is 0 Å². The Hall–Kier alpha value is -1.32. The molecule has 3 heteroatoms. The van der Waals surface area contributed by atoms with Crippen molar-refractivity contribution in [2.75, 3.05) is 7.11 Å². The predicted octanol–water partition coefficient (Wildman–Crippen LogP) is 4.51. The molecule has 0 spiro atoms. The number of aliphatic hydroxyl groups excluding tert-OH is 1. The third-order valence-corrected chi connectivity index (χ3v) is 3.97. The Labute approximate surface area is 128 Å². The third kappa shape index (κ3) is 4.09. The van der Waals surface area contributed by atoms with E-state index in [-0.39, 0.29) is 0 Å². The smallest absolute Gasteiger partial charge is 0.133 e. The second-order valence-corrected chi connectivity index (χ2v) is 5.64. The van der Waals surface area contributed by atoms with Gasteiger partial charge in [0.05, 0.1) is 17.7 Å². The molecule has 0 aliphatic heterocycles. The first-order valence-electron chi connectivity index (χ1n) is 6.76. The van der Waals surface area contributed by atoms with Crippen LogP contribution in [-0.4, -0.2) is 12.2 Å². The molecule has 106 valence electrons. The zero-order chi connectivity index (χ0) is 14.4. The number of ether oxygens (including phenoxy) is 1. The maximum atomic E-state index is 10.2. The van der Waals surface area contributed by atoms with Crippen LogP contribution in [0.3, 0.4) is 0 Å². The molecule has 2 nitrogen and oxygen atoms in total. The summed E-state index contributed by atoms with van der Waals surface area (Å²) in [6, 6.07) is 16.1. The lowest BCUT2D eigenvalue weighted by molar-refractivity contribution is 0.164. The minimum Gasteiger partial charge on any atom is -0.496 e. The Kier molecular flexibility index (Phi) is 5.62. The van der Waals surface area contributed by atoms with E-state index in [0.29, 0.717) is 0 Å². The largest absolute Gasteiger partial charge is 0.496 e. The molecule has 0 radical (unpaired) electrons. The summed E-state index contributed by atoms with van der Waals surface area (Å²) >= 11 is 3.44. The molecular formula is C17H19BrO2.